The predicted octanol–water partition coefficient (Wildman–Crippen LogP) is 4.81. The number of hydrogen-bond acceptors (Lipinski definition) is 3. The molecule has 0 saturated carbocycles. The third-order valence-electron chi connectivity index (χ3n) is 4.88. The van der Waals surface area contributed by atoms with E-state index < -0.39 is 0 Å². The number of nitrogens with zero attached hydrogens (tertiary/aromatic N) is 2. The van der Waals surface area contributed by atoms with E-state index in [9.17, 15) is 4.79 Å². The van der Waals surface area contributed by atoms with Crippen LogP contribution in [-0.2, 0) is 17.1 Å². The topological polar surface area (TPSA) is 46.9 Å². The maximum absolute atomic E-state index is 13.1. The van der Waals surface area contributed by atoms with Gasteiger partial charge in [0.15, 0.2) is 0 Å². The highest BCUT2D eigenvalue weighted by Gasteiger charge is 2.19. The minimum Gasteiger partial charge on any atom is -0.344 e. The van der Waals surface area contributed by atoms with Crippen LogP contribution in [0, 0.1) is 0 Å². The fraction of sp³-hybridized carbons (Fsp3) is 0.167. The second-order valence-electron chi connectivity index (χ2n) is 6.86. The second kappa shape index (κ2) is 8.97. The molecule has 3 aromatic carbocycles. The summed E-state index contributed by atoms with van der Waals surface area (Å²) < 4.78 is 2.02. The van der Waals surface area contributed by atoms with Crippen molar-refractivity contribution in [3.8, 4) is 0 Å². The zero-order valence-electron chi connectivity index (χ0n) is 16.3. The van der Waals surface area contributed by atoms with Crippen LogP contribution in [0.15, 0.2) is 84.9 Å². The first-order valence-electron chi connectivity index (χ1n) is 9.58. The van der Waals surface area contributed by atoms with Gasteiger partial charge in [-0.2, -0.15) is 11.8 Å². The van der Waals surface area contributed by atoms with Crippen molar-refractivity contribution in [2.24, 2.45) is 0 Å². The number of aromatic nitrogens is 2. The molecule has 0 aliphatic heterocycles. The Morgan fingerprint density at radius 3 is 2.14 bits per heavy atom. The highest BCUT2D eigenvalue weighted by atomic mass is 32.2. The van der Waals surface area contributed by atoms with Crippen LogP contribution in [0.5, 0.6) is 0 Å². The second-order valence-corrected chi connectivity index (χ2v) is 7.72. The summed E-state index contributed by atoms with van der Waals surface area (Å²) in [5.74, 6) is 1.65. The number of fused-ring (bicyclic) bond motifs is 1. The van der Waals surface area contributed by atoms with Gasteiger partial charge in [0.1, 0.15) is 12.4 Å². The van der Waals surface area contributed by atoms with Crippen molar-refractivity contribution >= 4 is 28.7 Å². The van der Waals surface area contributed by atoms with Gasteiger partial charge in [-0.25, -0.2) is 4.98 Å². The number of imidazole rings is 1. The molecule has 0 aliphatic carbocycles. The van der Waals surface area contributed by atoms with Gasteiger partial charge in [0.2, 0.25) is 5.91 Å². The minimum absolute atomic E-state index is 0.0341. The fourth-order valence-corrected chi connectivity index (χ4v) is 4.02. The van der Waals surface area contributed by atoms with Crippen molar-refractivity contribution < 1.29 is 4.79 Å². The molecule has 29 heavy (non-hydrogen) atoms. The highest BCUT2D eigenvalue weighted by Crippen LogP contribution is 2.23. The van der Waals surface area contributed by atoms with Gasteiger partial charge in [-0.15, -0.1) is 0 Å². The van der Waals surface area contributed by atoms with E-state index in [0.717, 1.165) is 33.7 Å². The first-order valence-corrected chi connectivity index (χ1v) is 11.0. The lowest BCUT2D eigenvalue weighted by molar-refractivity contribution is -0.122. The van der Waals surface area contributed by atoms with Gasteiger partial charge in [0.05, 0.1) is 22.8 Å². The van der Waals surface area contributed by atoms with Crippen molar-refractivity contribution in [1.82, 2.24) is 14.9 Å². The molecule has 1 amide bonds. The van der Waals surface area contributed by atoms with E-state index in [-0.39, 0.29) is 18.5 Å². The van der Waals surface area contributed by atoms with E-state index in [2.05, 4.69) is 5.32 Å². The largest absolute Gasteiger partial charge is 0.344 e. The number of carbonyl (C=O) groups is 1. The number of para-hydroxylation sites is 2. The normalized spacial score (nSPS) is 11.1. The summed E-state index contributed by atoms with van der Waals surface area (Å²) >= 11 is 1.70. The molecule has 0 radical (unpaired) electrons. The maximum Gasteiger partial charge on any atom is 0.240 e. The van der Waals surface area contributed by atoms with Gasteiger partial charge in [-0.05, 0) is 29.5 Å². The Balaban J connectivity index is 1.62. The van der Waals surface area contributed by atoms with Crippen LogP contribution in [0.2, 0.25) is 0 Å². The molecular formula is C24H23N3OS. The number of nitrogens with one attached hydrogen (secondary N) is 1. The van der Waals surface area contributed by atoms with Gasteiger partial charge in [-0.1, -0.05) is 72.8 Å². The Labute approximate surface area is 175 Å². The number of rotatable bonds is 7. The van der Waals surface area contributed by atoms with Crippen LogP contribution in [0.4, 0.5) is 0 Å². The molecule has 1 N–H and O–H groups in total. The first-order chi connectivity index (χ1) is 14.3. The molecule has 0 spiro atoms. The van der Waals surface area contributed by atoms with Gasteiger partial charge < -0.3 is 9.88 Å². The molecule has 146 valence electrons. The molecule has 5 heteroatoms. The van der Waals surface area contributed by atoms with Gasteiger partial charge >= 0.3 is 0 Å². The molecule has 4 nitrogen and oxygen atoms in total. The number of carbonyl (C=O) groups excluding carboxylic acids is 1. The van der Waals surface area contributed by atoms with E-state index in [4.69, 9.17) is 4.98 Å². The summed E-state index contributed by atoms with van der Waals surface area (Å²) in [4.78, 5) is 17.8. The van der Waals surface area contributed by atoms with Crippen LogP contribution in [0.3, 0.4) is 0 Å². The Morgan fingerprint density at radius 1 is 0.931 bits per heavy atom. The Hall–Kier alpha value is -3.05. The lowest BCUT2D eigenvalue weighted by Crippen LogP contribution is -2.32. The standard InChI is InChI=1S/C24H23N3OS/c1-29-17-22-25-20-14-8-9-15-21(20)27(22)16-23(28)26-24(18-10-4-2-5-11-18)19-12-6-3-7-13-19/h2-15,24H,16-17H2,1H3,(H,26,28). The number of thioether (sulfide) groups is 1. The van der Waals surface area contributed by atoms with E-state index in [0.29, 0.717) is 0 Å². The van der Waals surface area contributed by atoms with Crippen LogP contribution >= 0.6 is 11.8 Å². The van der Waals surface area contributed by atoms with E-state index in [1.807, 2.05) is 95.8 Å². The predicted molar refractivity (Wildman–Crippen MR) is 120 cm³/mol. The minimum atomic E-state index is -0.191. The van der Waals surface area contributed by atoms with E-state index >= 15 is 0 Å². The third-order valence-corrected chi connectivity index (χ3v) is 5.43. The van der Waals surface area contributed by atoms with Gasteiger partial charge in [0, 0.05) is 0 Å². The number of hydrogen-bond donors (Lipinski definition) is 1. The Kier molecular flexibility index (Phi) is 5.96. The number of benzene rings is 3. The van der Waals surface area contributed by atoms with Gasteiger partial charge in [0.25, 0.3) is 0 Å². The molecule has 0 aliphatic rings. The Bertz CT molecular complexity index is 1050. The zero-order chi connectivity index (χ0) is 20.1. The van der Waals surface area contributed by atoms with Crippen LogP contribution in [0.1, 0.15) is 23.0 Å². The lowest BCUT2D eigenvalue weighted by Gasteiger charge is -2.20. The molecule has 1 aromatic heterocycles. The molecule has 0 unspecified atom stereocenters. The maximum atomic E-state index is 13.1. The average Bonchev–Trinajstić information content (AvgIpc) is 3.10. The summed E-state index contributed by atoms with van der Waals surface area (Å²) in [6.45, 7) is 0.243. The first kappa shape index (κ1) is 19.3. The zero-order valence-corrected chi connectivity index (χ0v) is 17.1. The Morgan fingerprint density at radius 2 is 1.52 bits per heavy atom. The monoisotopic (exact) mass is 401 g/mol. The molecule has 0 bridgehead atoms. The quantitative estimate of drug-likeness (QED) is 0.484. The summed E-state index contributed by atoms with van der Waals surface area (Å²) in [7, 11) is 0. The van der Waals surface area contributed by atoms with Crippen molar-refractivity contribution in [2.75, 3.05) is 6.26 Å². The highest BCUT2D eigenvalue weighted by molar-refractivity contribution is 7.97. The van der Waals surface area contributed by atoms with Crippen LogP contribution in [0.25, 0.3) is 11.0 Å². The van der Waals surface area contributed by atoms with Crippen molar-refractivity contribution in [2.45, 2.75) is 18.3 Å². The SMILES string of the molecule is CSCc1nc2ccccc2n1CC(=O)NC(c1ccccc1)c1ccccc1. The van der Waals surface area contributed by atoms with Gasteiger partial charge in [-0.3, -0.25) is 4.79 Å². The van der Waals surface area contributed by atoms with E-state index in [1.165, 1.54) is 0 Å². The molecule has 0 atom stereocenters. The fourth-order valence-electron chi connectivity index (χ4n) is 3.54. The summed E-state index contributed by atoms with van der Waals surface area (Å²) in [5.41, 5.74) is 4.04. The summed E-state index contributed by atoms with van der Waals surface area (Å²) in [5, 5.41) is 3.23. The lowest BCUT2D eigenvalue weighted by atomic mass is 9.99. The number of amides is 1. The molecule has 4 rings (SSSR count). The summed E-state index contributed by atoms with van der Waals surface area (Å²) in [6, 6.07) is 27.9. The summed E-state index contributed by atoms with van der Waals surface area (Å²) in [6.07, 6.45) is 2.05. The van der Waals surface area contributed by atoms with Crippen molar-refractivity contribution in [1.29, 1.82) is 0 Å². The van der Waals surface area contributed by atoms with E-state index in [1.54, 1.807) is 11.8 Å². The molecular weight excluding hydrogens is 378 g/mol. The molecule has 4 aromatic rings. The van der Waals surface area contributed by atoms with Crippen LogP contribution in [-0.4, -0.2) is 21.7 Å². The van der Waals surface area contributed by atoms with Crippen LogP contribution < -0.4 is 5.32 Å². The average molecular weight is 402 g/mol. The molecule has 1 heterocycles. The van der Waals surface area contributed by atoms with Crippen molar-refractivity contribution in [3.63, 3.8) is 0 Å². The molecule has 0 saturated heterocycles. The third kappa shape index (κ3) is 4.35. The molecule has 0 fully saturated rings. The van der Waals surface area contributed by atoms with Crippen molar-refractivity contribution in [3.05, 3.63) is 102 Å². The smallest absolute Gasteiger partial charge is 0.240 e.